The Morgan fingerprint density at radius 1 is 0.947 bits per heavy atom. The van der Waals surface area contributed by atoms with Gasteiger partial charge in [0, 0.05) is 16.6 Å². The zero-order chi connectivity index (χ0) is 13.4. The molecule has 0 aliphatic rings. The molecule has 3 rings (SSSR count). The van der Waals surface area contributed by atoms with Gasteiger partial charge in [-0.15, -0.1) is 0 Å². The number of nitrogen functional groups attached to an aromatic ring is 1. The van der Waals surface area contributed by atoms with E-state index >= 15 is 0 Å². The lowest BCUT2D eigenvalue weighted by molar-refractivity contribution is 0.515. The minimum atomic E-state index is -0.970. The molecular weight excluding hydrogens is 246 g/mol. The first kappa shape index (κ1) is 11.6. The lowest BCUT2D eigenvalue weighted by Gasteiger charge is -2.07. The number of hydrogen-bond acceptors (Lipinski definition) is 2. The van der Waals surface area contributed by atoms with E-state index in [0.29, 0.717) is 16.8 Å². The van der Waals surface area contributed by atoms with Gasteiger partial charge in [0.15, 0.2) is 11.6 Å². The first-order valence-electron chi connectivity index (χ1n) is 5.76. The van der Waals surface area contributed by atoms with Crippen LogP contribution in [0.25, 0.3) is 22.2 Å². The van der Waals surface area contributed by atoms with Crippen LogP contribution >= 0.6 is 0 Å². The lowest BCUT2D eigenvalue weighted by Crippen LogP contribution is -1.96. The Labute approximate surface area is 108 Å². The highest BCUT2D eigenvalue weighted by atomic mass is 19.2. The van der Waals surface area contributed by atoms with Crippen molar-refractivity contribution in [2.45, 2.75) is 0 Å². The fourth-order valence-electron chi connectivity index (χ4n) is 2.02. The summed E-state index contributed by atoms with van der Waals surface area (Å²) in [4.78, 5) is 4.17. The predicted octanol–water partition coefficient (Wildman–Crippen LogP) is 3.76. The molecule has 19 heavy (non-hydrogen) atoms. The molecule has 4 heteroatoms. The Balaban J connectivity index is 2.32. The maximum atomic E-state index is 13.8. The van der Waals surface area contributed by atoms with Crippen molar-refractivity contribution in [3.8, 4) is 11.3 Å². The normalized spacial score (nSPS) is 10.8. The maximum absolute atomic E-state index is 13.8. The molecule has 0 radical (unpaired) electrons. The van der Waals surface area contributed by atoms with E-state index < -0.39 is 11.6 Å². The minimum absolute atomic E-state index is 0.0427. The summed E-state index contributed by atoms with van der Waals surface area (Å²) in [6.45, 7) is 0. The Morgan fingerprint density at radius 2 is 1.68 bits per heavy atom. The van der Waals surface area contributed by atoms with Crippen molar-refractivity contribution in [3.05, 3.63) is 60.2 Å². The molecule has 2 nitrogen and oxygen atoms in total. The van der Waals surface area contributed by atoms with Crippen molar-refractivity contribution >= 4 is 16.6 Å². The van der Waals surface area contributed by atoms with Crippen molar-refractivity contribution in [2.24, 2.45) is 0 Å². The van der Waals surface area contributed by atoms with E-state index in [1.807, 2.05) is 30.3 Å². The van der Waals surface area contributed by atoms with Crippen molar-refractivity contribution in [1.29, 1.82) is 0 Å². The second-order valence-corrected chi connectivity index (χ2v) is 4.22. The molecule has 0 bridgehead atoms. The SMILES string of the molecule is Nc1cc(-c2ccccc2)nc2c(F)c(F)ccc12. The van der Waals surface area contributed by atoms with E-state index in [2.05, 4.69) is 4.98 Å². The Kier molecular flexibility index (Phi) is 2.63. The number of hydrogen-bond donors (Lipinski definition) is 1. The van der Waals surface area contributed by atoms with Gasteiger partial charge < -0.3 is 5.73 Å². The van der Waals surface area contributed by atoms with Gasteiger partial charge in [-0.2, -0.15) is 0 Å². The van der Waals surface area contributed by atoms with Gasteiger partial charge in [-0.1, -0.05) is 30.3 Å². The molecule has 2 aromatic carbocycles. The third-order valence-corrected chi connectivity index (χ3v) is 2.97. The van der Waals surface area contributed by atoms with Gasteiger partial charge in [-0.25, -0.2) is 13.8 Å². The zero-order valence-corrected chi connectivity index (χ0v) is 9.90. The molecule has 0 fully saturated rings. The minimum Gasteiger partial charge on any atom is -0.398 e. The number of pyridine rings is 1. The number of rotatable bonds is 1. The number of benzene rings is 2. The highest BCUT2D eigenvalue weighted by Crippen LogP contribution is 2.28. The highest BCUT2D eigenvalue weighted by Gasteiger charge is 2.12. The highest BCUT2D eigenvalue weighted by molar-refractivity contribution is 5.93. The summed E-state index contributed by atoms with van der Waals surface area (Å²) in [5, 5.41) is 0.415. The molecule has 94 valence electrons. The van der Waals surface area contributed by atoms with Crippen LogP contribution in [0.1, 0.15) is 0 Å². The summed E-state index contributed by atoms with van der Waals surface area (Å²) in [6.07, 6.45) is 0. The molecule has 1 heterocycles. The van der Waals surface area contributed by atoms with Gasteiger partial charge in [0.2, 0.25) is 0 Å². The summed E-state index contributed by atoms with van der Waals surface area (Å²) >= 11 is 0. The van der Waals surface area contributed by atoms with Crippen LogP contribution in [-0.4, -0.2) is 4.98 Å². The number of anilines is 1. The molecule has 1 aromatic heterocycles. The quantitative estimate of drug-likeness (QED) is 0.720. The standard InChI is InChI=1S/C15H10F2N2/c16-11-7-6-10-12(18)8-13(19-15(10)14(11)17)9-4-2-1-3-5-9/h1-8H,(H2,18,19). The van der Waals surface area contributed by atoms with Crippen molar-refractivity contribution in [2.75, 3.05) is 5.73 Å². The molecule has 0 aliphatic heterocycles. The molecule has 0 spiro atoms. The van der Waals surface area contributed by atoms with E-state index in [1.54, 1.807) is 6.07 Å². The molecular formula is C15H10F2N2. The van der Waals surface area contributed by atoms with E-state index in [0.717, 1.165) is 11.6 Å². The Morgan fingerprint density at radius 3 is 2.42 bits per heavy atom. The fourth-order valence-corrected chi connectivity index (χ4v) is 2.02. The summed E-state index contributed by atoms with van der Waals surface area (Å²) < 4.78 is 27.0. The van der Waals surface area contributed by atoms with E-state index in [1.165, 1.54) is 6.07 Å². The van der Waals surface area contributed by atoms with Gasteiger partial charge in [0.25, 0.3) is 0 Å². The monoisotopic (exact) mass is 256 g/mol. The second-order valence-electron chi connectivity index (χ2n) is 4.22. The van der Waals surface area contributed by atoms with Crippen LogP contribution in [0.3, 0.4) is 0 Å². The van der Waals surface area contributed by atoms with Gasteiger partial charge in [0.1, 0.15) is 5.52 Å². The van der Waals surface area contributed by atoms with Gasteiger partial charge in [0.05, 0.1) is 5.69 Å². The van der Waals surface area contributed by atoms with Crippen molar-refractivity contribution < 1.29 is 8.78 Å². The molecule has 0 saturated carbocycles. The molecule has 0 atom stereocenters. The van der Waals surface area contributed by atoms with Gasteiger partial charge in [-0.3, -0.25) is 0 Å². The number of halogens is 2. The van der Waals surface area contributed by atoms with Crippen LogP contribution < -0.4 is 5.73 Å². The largest absolute Gasteiger partial charge is 0.398 e. The van der Waals surface area contributed by atoms with Crippen LogP contribution in [-0.2, 0) is 0 Å². The van der Waals surface area contributed by atoms with E-state index in [9.17, 15) is 8.78 Å². The van der Waals surface area contributed by atoms with Crippen LogP contribution in [0.4, 0.5) is 14.5 Å². The summed E-state index contributed by atoms with van der Waals surface area (Å²) in [6, 6.07) is 13.4. The number of nitrogens with zero attached hydrogens (tertiary/aromatic N) is 1. The molecule has 0 saturated heterocycles. The van der Waals surface area contributed by atoms with Crippen LogP contribution in [0.5, 0.6) is 0 Å². The third kappa shape index (κ3) is 1.91. The van der Waals surface area contributed by atoms with Gasteiger partial charge in [-0.05, 0) is 18.2 Å². The summed E-state index contributed by atoms with van der Waals surface area (Å²) in [5.74, 6) is -1.90. The third-order valence-electron chi connectivity index (χ3n) is 2.97. The number of nitrogens with two attached hydrogens (primary N) is 1. The molecule has 0 amide bonds. The maximum Gasteiger partial charge on any atom is 0.185 e. The molecule has 3 aromatic rings. The lowest BCUT2D eigenvalue weighted by atomic mass is 10.1. The first-order chi connectivity index (χ1) is 9.16. The molecule has 0 aliphatic carbocycles. The van der Waals surface area contributed by atoms with Crippen LogP contribution in [0, 0.1) is 11.6 Å². The smallest absolute Gasteiger partial charge is 0.185 e. The van der Waals surface area contributed by atoms with E-state index in [4.69, 9.17) is 5.73 Å². The predicted molar refractivity (Wildman–Crippen MR) is 71.5 cm³/mol. The van der Waals surface area contributed by atoms with E-state index in [-0.39, 0.29) is 5.52 Å². The average molecular weight is 256 g/mol. The van der Waals surface area contributed by atoms with Gasteiger partial charge >= 0.3 is 0 Å². The number of aromatic nitrogens is 1. The second kappa shape index (κ2) is 4.31. The van der Waals surface area contributed by atoms with Crippen LogP contribution in [0.2, 0.25) is 0 Å². The average Bonchev–Trinajstić information content (AvgIpc) is 2.44. The fraction of sp³-hybridized carbons (Fsp3) is 0. The van der Waals surface area contributed by atoms with Crippen molar-refractivity contribution in [1.82, 2.24) is 4.98 Å². The molecule has 2 N–H and O–H groups in total. The first-order valence-corrected chi connectivity index (χ1v) is 5.76. The van der Waals surface area contributed by atoms with Crippen LogP contribution in [0.15, 0.2) is 48.5 Å². The number of fused-ring (bicyclic) bond motifs is 1. The Hall–Kier alpha value is -2.49. The topological polar surface area (TPSA) is 38.9 Å². The summed E-state index contributed by atoms with van der Waals surface area (Å²) in [7, 11) is 0. The summed E-state index contributed by atoms with van der Waals surface area (Å²) in [5.41, 5.74) is 7.55. The zero-order valence-electron chi connectivity index (χ0n) is 9.90. The van der Waals surface area contributed by atoms with Crippen molar-refractivity contribution in [3.63, 3.8) is 0 Å². The Bertz CT molecular complexity index is 755. The molecule has 0 unspecified atom stereocenters.